The van der Waals surface area contributed by atoms with E-state index in [0.29, 0.717) is 6.42 Å². The van der Waals surface area contributed by atoms with Gasteiger partial charge in [0, 0.05) is 6.42 Å². The van der Waals surface area contributed by atoms with E-state index in [4.69, 9.17) is 10.2 Å². The fourth-order valence-corrected chi connectivity index (χ4v) is 2.51. The normalized spacial score (nSPS) is 15.9. The molecule has 4 N–H and O–H groups in total. The molecule has 0 aromatic heterocycles. The molecule has 0 aliphatic rings. The van der Waals surface area contributed by atoms with E-state index < -0.39 is 44.4 Å². The Bertz CT molecular complexity index is 556. The van der Waals surface area contributed by atoms with E-state index in [1.54, 1.807) is 6.08 Å². The second-order valence-electron chi connectivity index (χ2n) is 7.63. The number of carbonyl (C=O) groups excluding carboxylic acids is 3. The summed E-state index contributed by atoms with van der Waals surface area (Å²) in [4.78, 5) is 36.2. The van der Waals surface area contributed by atoms with Gasteiger partial charge >= 0.3 is 12.1 Å². The molecule has 0 rings (SSSR count). The molecule has 0 aliphatic carbocycles. The molecule has 0 radical (unpaired) electrons. The monoisotopic (exact) mass is 388 g/mol. The average Bonchev–Trinajstić information content (AvgIpc) is 2.49. The van der Waals surface area contributed by atoms with Crippen molar-refractivity contribution in [2.24, 2.45) is 5.73 Å². The van der Waals surface area contributed by atoms with Crippen LogP contribution >= 0.6 is 0 Å². The largest absolute Gasteiger partial charge is 0.504 e. The van der Waals surface area contributed by atoms with Crippen molar-refractivity contribution in [3.63, 3.8) is 0 Å². The van der Waals surface area contributed by atoms with Crippen LogP contribution in [0.2, 0.25) is 18.1 Å². The molecule has 0 heterocycles. The Labute approximate surface area is 156 Å². The van der Waals surface area contributed by atoms with Crippen LogP contribution in [0.15, 0.2) is 12.2 Å². The summed E-state index contributed by atoms with van der Waals surface area (Å²) in [5, 5.41) is 12.2. The van der Waals surface area contributed by atoms with Crippen molar-refractivity contribution in [2.75, 3.05) is 7.11 Å². The molecular formula is C17H32N2O6Si. The van der Waals surface area contributed by atoms with E-state index >= 15 is 0 Å². The predicted molar refractivity (Wildman–Crippen MR) is 101 cm³/mol. The number of allylic oxidation sites excluding steroid dienone is 2. The Hall–Kier alpha value is -1.71. The predicted octanol–water partition coefficient (Wildman–Crippen LogP) is 1.83. The van der Waals surface area contributed by atoms with E-state index in [9.17, 15) is 19.5 Å². The summed E-state index contributed by atoms with van der Waals surface area (Å²) in [7, 11) is -1.41. The molecule has 0 unspecified atom stereocenters. The van der Waals surface area contributed by atoms with Gasteiger partial charge in [0.1, 0.15) is 6.10 Å². The molecule has 0 saturated heterocycles. The number of hydrogen-bond donors (Lipinski definition) is 3. The third-order valence-electron chi connectivity index (χ3n) is 4.45. The van der Waals surface area contributed by atoms with Crippen LogP contribution in [0.3, 0.4) is 0 Å². The van der Waals surface area contributed by atoms with Crippen LogP contribution in [0.4, 0.5) is 4.79 Å². The number of nitrogens with one attached hydrogen (secondary N) is 1. The Morgan fingerprint density at radius 1 is 1.27 bits per heavy atom. The second-order valence-corrected chi connectivity index (χ2v) is 12.4. The average molecular weight is 389 g/mol. The van der Waals surface area contributed by atoms with Gasteiger partial charge in [-0.25, -0.2) is 9.59 Å². The lowest BCUT2D eigenvalue weighted by Gasteiger charge is -2.37. The maximum atomic E-state index is 12.3. The van der Waals surface area contributed by atoms with Crippen molar-refractivity contribution >= 4 is 26.2 Å². The molecule has 0 bridgehead atoms. The van der Waals surface area contributed by atoms with E-state index in [2.05, 4.69) is 10.1 Å². The first kappa shape index (κ1) is 24.3. The summed E-state index contributed by atoms with van der Waals surface area (Å²) in [6, 6.07) is 0. The van der Waals surface area contributed by atoms with Crippen LogP contribution in [0, 0.1) is 0 Å². The molecule has 2 atom stereocenters. The molecule has 0 aromatic rings. The van der Waals surface area contributed by atoms with Crippen LogP contribution in [0.1, 0.15) is 40.5 Å². The van der Waals surface area contributed by atoms with Gasteiger partial charge in [-0.2, -0.15) is 0 Å². The Morgan fingerprint density at radius 2 is 1.81 bits per heavy atom. The highest BCUT2D eigenvalue weighted by atomic mass is 28.4. The van der Waals surface area contributed by atoms with Crippen LogP contribution in [-0.2, 0) is 18.8 Å². The number of aliphatic hydroxyl groups is 1. The summed E-state index contributed by atoms with van der Waals surface area (Å²) in [6.45, 7) is 11.4. The highest BCUT2D eigenvalue weighted by Crippen LogP contribution is 2.36. The fourth-order valence-electron chi connectivity index (χ4n) is 1.69. The number of methoxy groups -OCH3 is 1. The zero-order valence-electron chi connectivity index (χ0n) is 16.7. The van der Waals surface area contributed by atoms with Crippen molar-refractivity contribution in [2.45, 2.75) is 70.4 Å². The molecule has 0 aromatic carbocycles. The van der Waals surface area contributed by atoms with Gasteiger partial charge in [-0.05, 0) is 30.6 Å². The summed E-state index contributed by atoms with van der Waals surface area (Å²) in [6.07, 6.45) is 0.460. The minimum Gasteiger partial charge on any atom is -0.504 e. The van der Waals surface area contributed by atoms with Crippen LogP contribution in [0.5, 0.6) is 0 Å². The highest BCUT2D eigenvalue weighted by molar-refractivity contribution is 6.75. The number of ketones is 1. The zero-order valence-corrected chi connectivity index (χ0v) is 17.7. The number of rotatable bonds is 8. The van der Waals surface area contributed by atoms with E-state index in [-0.39, 0.29) is 5.04 Å². The van der Waals surface area contributed by atoms with Gasteiger partial charge in [-0.15, -0.1) is 0 Å². The van der Waals surface area contributed by atoms with Crippen molar-refractivity contribution in [3.05, 3.63) is 12.2 Å². The summed E-state index contributed by atoms with van der Waals surface area (Å²) >= 11 is 0. The molecular weight excluding hydrogens is 356 g/mol. The van der Waals surface area contributed by atoms with Gasteiger partial charge in [-0.3, -0.25) is 15.8 Å². The van der Waals surface area contributed by atoms with Gasteiger partial charge < -0.3 is 14.3 Å². The quantitative estimate of drug-likeness (QED) is 0.250. The molecule has 150 valence electrons. The topological polar surface area (TPSA) is 128 Å². The molecule has 26 heavy (non-hydrogen) atoms. The van der Waals surface area contributed by atoms with Crippen LogP contribution in [-0.4, -0.2) is 50.1 Å². The van der Waals surface area contributed by atoms with Crippen molar-refractivity contribution in [3.8, 4) is 0 Å². The Balaban J connectivity index is 5.36. The van der Waals surface area contributed by atoms with Gasteiger partial charge in [0.05, 0.1) is 7.11 Å². The van der Waals surface area contributed by atoms with Crippen LogP contribution in [0.25, 0.3) is 0 Å². The maximum absolute atomic E-state index is 12.3. The van der Waals surface area contributed by atoms with Gasteiger partial charge in [-0.1, -0.05) is 33.8 Å². The number of carbonyl (C=O) groups is 3. The number of amides is 1. The van der Waals surface area contributed by atoms with E-state index in [1.165, 1.54) is 6.08 Å². The fraction of sp³-hybridized carbons (Fsp3) is 0.706. The SMILES string of the molecule is CCC=CC(=O)C[C@@H](O)[C@](N)(NC(=O)O[Si](C)(C)C(C)(C)C)C(=O)OC. The third-order valence-corrected chi connectivity index (χ3v) is 8.75. The number of aliphatic hydroxyl groups excluding tert-OH is 1. The number of ether oxygens (including phenoxy) is 1. The van der Waals surface area contributed by atoms with Gasteiger partial charge in [0.2, 0.25) is 5.66 Å². The molecule has 0 fully saturated rings. The summed E-state index contributed by atoms with van der Waals surface area (Å²) in [5.74, 6) is -1.51. The highest BCUT2D eigenvalue weighted by Gasteiger charge is 2.47. The van der Waals surface area contributed by atoms with Crippen molar-refractivity contribution in [1.29, 1.82) is 0 Å². The maximum Gasteiger partial charge on any atom is 0.395 e. The van der Waals surface area contributed by atoms with Crippen molar-refractivity contribution in [1.82, 2.24) is 5.32 Å². The first-order valence-corrected chi connectivity index (χ1v) is 11.4. The van der Waals surface area contributed by atoms with Gasteiger partial charge in [0.15, 0.2) is 5.78 Å². The molecule has 0 aliphatic heterocycles. The zero-order chi connectivity index (χ0) is 20.8. The standard InChI is InChI=1S/C17H32N2O6Si/c1-8-9-10-12(20)11-13(21)17(18,14(22)24-5)19-15(23)25-26(6,7)16(2,3)4/h9-10,13,21H,8,11,18H2,1-7H3,(H,19,23)/t13-,17+/m1/s1. The third kappa shape index (κ3) is 6.54. The minimum atomic E-state index is -2.48. The smallest absolute Gasteiger partial charge is 0.395 e. The lowest BCUT2D eigenvalue weighted by Crippen LogP contribution is -2.69. The second kappa shape index (κ2) is 9.29. The lowest BCUT2D eigenvalue weighted by molar-refractivity contribution is -0.153. The molecule has 0 saturated carbocycles. The van der Waals surface area contributed by atoms with Gasteiger partial charge in [0.25, 0.3) is 8.32 Å². The first-order valence-electron chi connectivity index (χ1n) is 8.47. The van der Waals surface area contributed by atoms with Crippen LogP contribution < -0.4 is 11.1 Å². The van der Waals surface area contributed by atoms with E-state index in [0.717, 1.165) is 7.11 Å². The summed E-state index contributed by atoms with van der Waals surface area (Å²) < 4.78 is 10.1. The molecule has 1 amide bonds. The Kier molecular flexibility index (Phi) is 8.68. The molecule has 9 heteroatoms. The molecule has 8 nitrogen and oxygen atoms in total. The Morgan fingerprint density at radius 3 is 2.23 bits per heavy atom. The van der Waals surface area contributed by atoms with Crippen molar-refractivity contribution < 1.29 is 28.7 Å². The van der Waals surface area contributed by atoms with E-state index in [1.807, 2.05) is 40.8 Å². The number of hydrogen-bond acceptors (Lipinski definition) is 7. The first-order chi connectivity index (χ1) is 11.7. The lowest BCUT2D eigenvalue weighted by atomic mass is 9.98. The summed E-state index contributed by atoms with van der Waals surface area (Å²) in [5.41, 5.74) is 3.60. The number of nitrogens with two attached hydrogens (primary N) is 1. The number of esters is 1. The minimum absolute atomic E-state index is 0.258. The molecule has 0 spiro atoms.